The molecule has 1 aliphatic heterocycles. The fourth-order valence-electron chi connectivity index (χ4n) is 2.47. The van der Waals surface area contributed by atoms with Gasteiger partial charge in [-0.3, -0.25) is 9.80 Å². The first-order valence-corrected chi connectivity index (χ1v) is 6.76. The first-order chi connectivity index (χ1) is 9.44. The molecule has 0 amide bonds. The van der Waals surface area contributed by atoms with Gasteiger partial charge in [-0.15, -0.1) is 0 Å². The van der Waals surface area contributed by atoms with Crippen LogP contribution in [0.2, 0.25) is 0 Å². The minimum atomic E-state index is -4.11. The molecule has 1 unspecified atom stereocenters. The molecule has 20 heavy (non-hydrogen) atoms. The number of rotatable bonds is 4. The van der Waals surface area contributed by atoms with E-state index < -0.39 is 12.7 Å². The van der Waals surface area contributed by atoms with Crippen molar-refractivity contribution >= 4 is 0 Å². The molecule has 1 aromatic rings. The molecule has 2 N–H and O–H groups in total. The third-order valence-electron chi connectivity index (χ3n) is 3.55. The maximum atomic E-state index is 12.3. The summed E-state index contributed by atoms with van der Waals surface area (Å²) in [4.78, 5) is 3.58. The van der Waals surface area contributed by atoms with Gasteiger partial charge < -0.3 is 5.73 Å². The minimum Gasteiger partial charge on any atom is -0.323 e. The lowest BCUT2D eigenvalue weighted by Gasteiger charge is -2.36. The lowest BCUT2D eigenvalue weighted by atomic mass is 10.1. The van der Waals surface area contributed by atoms with Crippen LogP contribution in [0.4, 0.5) is 13.2 Å². The number of nitrogens with two attached hydrogens (primary N) is 1. The lowest BCUT2D eigenvalue weighted by Crippen LogP contribution is -2.50. The van der Waals surface area contributed by atoms with Crippen molar-refractivity contribution in [2.24, 2.45) is 5.73 Å². The molecular formula is C14H20F3N3. The Morgan fingerprint density at radius 2 is 1.55 bits per heavy atom. The Bertz CT molecular complexity index is 400. The molecule has 0 bridgehead atoms. The second kappa shape index (κ2) is 6.56. The number of alkyl halides is 3. The van der Waals surface area contributed by atoms with E-state index in [1.165, 1.54) is 4.90 Å². The van der Waals surface area contributed by atoms with Gasteiger partial charge in [-0.1, -0.05) is 30.3 Å². The van der Waals surface area contributed by atoms with Crippen molar-refractivity contribution in [2.75, 3.05) is 39.3 Å². The highest BCUT2D eigenvalue weighted by atomic mass is 19.4. The monoisotopic (exact) mass is 287 g/mol. The summed E-state index contributed by atoms with van der Waals surface area (Å²) < 4.78 is 36.9. The van der Waals surface area contributed by atoms with E-state index in [-0.39, 0.29) is 6.04 Å². The predicted octanol–water partition coefficient (Wildman–Crippen LogP) is 1.87. The van der Waals surface area contributed by atoms with Crippen LogP contribution in [0.3, 0.4) is 0 Å². The molecular weight excluding hydrogens is 267 g/mol. The number of hydrogen-bond donors (Lipinski definition) is 1. The van der Waals surface area contributed by atoms with Crippen LogP contribution in [0.1, 0.15) is 11.6 Å². The summed E-state index contributed by atoms with van der Waals surface area (Å²) in [5, 5.41) is 0. The van der Waals surface area contributed by atoms with Crippen LogP contribution in [0.25, 0.3) is 0 Å². The molecule has 6 heteroatoms. The van der Waals surface area contributed by atoms with Crippen LogP contribution in [-0.2, 0) is 0 Å². The highest BCUT2D eigenvalue weighted by Gasteiger charge is 2.32. The molecule has 112 valence electrons. The Balaban J connectivity index is 1.77. The summed E-state index contributed by atoms with van der Waals surface area (Å²) in [7, 11) is 0. The van der Waals surface area contributed by atoms with Crippen LogP contribution in [0.15, 0.2) is 30.3 Å². The molecule has 0 aliphatic carbocycles. The Morgan fingerprint density at radius 3 is 2.10 bits per heavy atom. The van der Waals surface area contributed by atoms with Crippen LogP contribution in [0, 0.1) is 0 Å². The van der Waals surface area contributed by atoms with Crippen molar-refractivity contribution in [1.82, 2.24) is 9.80 Å². The Morgan fingerprint density at radius 1 is 1.00 bits per heavy atom. The smallest absolute Gasteiger partial charge is 0.323 e. The zero-order valence-corrected chi connectivity index (χ0v) is 11.3. The molecule has 2 rings (SSSR count). The van der Waals surface area contributed by atoms with E-state index in [0.29, 0.717) is 32.7 Å². The van der Waals surface area contributed by atoms with Crippen LogP contribution in [0.5, 0.6) is 0 Å². The van der Waals surface area contributed by atoms with E-state index >= 15 is 0 Å². The van der Waals surface area contributed by atoms with Crippen LogP contribution < -0.4 is 5.73 Å². The van der Waals surface area contributed by atoms with E-state index in [4.69, 9.17) is 5.73 Å². The zero-order valence-electron chi connectivity index (χ0n) is 11.3. The van der Waals surface area contributed by atoms with Crippen LogP contribution in [-0.4, -0.2) is 55.2 Å². The molecule has 1 fully saturated rings. The van der Waals surface area contributed by atoms with Gasteiger partial charge in [0.2, 0.25) is 0 Å². The molecule has 1 saturated heterocycles. The van der Waals surface area contributed by atoms with Gasteiger partial charge >= 0.3 is 6.18 Å². The number of piperazine rings is 1. The van der Waals surface area contributed by atoms with Crippen molar-refractivity contribution in [1.29, 1.82) is 0 Å². The highest BCUT2D eigenvalue weighted by molar-refractivity contribution is 5.18. The van der Waals surface area contributed by atoms with E-state index in [1.54, 1.807) is 0 Å². The molecule has 1 atom stereocenters. The molecule has 0 aromatic heterocycles. The van der Waals surface area contributed by atoms with Gasteiger partial charge in [-0.05, 0) is 5.56 Å². The molecule has 0 radical (unpaired) electrons. The number of benzene rings is 1. The third-order valence-corrected chi connectivity index (χ3v) is 3.55. The van der Waals surface area contributed by atoms with E-state index in [9.17, 15) is 13.2 Å². The van der Waals surface area contributed by atoms with Gasteiger partial charge in [-0.2, -0.15) is 13.2 Å². The third kappa shape index (κ3) is 4.77. The van der Waals surface area contributed by atoms with E-state index in [2.05, 4.69) is 4.90 Å². The van der Waals surface area contributed by atoms with Crippen molar-refractivity contribution in [3.63, 3.8) is 0 Å². The number of halogens is 3. The molecule has 1 aromatic carbocycles. The summed E-state index contributed by atoms with van der Waals surface area (Å²) >= 11 is 0. The van der Waals surface area contributed by atoms with Gasteiger partial charge in [0.05, 0.1) is 6.54 Å². The second-order valence-electron chi connectivity index (χ2n) is 5.21. The maximum Gasteiger partial charge on any atom is 0.401 e. The molecule has 1 heterocycles. The van der Waals surface area contributed by atoms with Crippen molar-refractivity contribution in [3.8, 4) is 0 Å². The molecule has 3 nitrogen and oxygen atoms in total. The van der Waals surface area contributed by atoms with Gasteiger partial charge in [-0.25, -0.2) is 0 Å². The summed E-state index contributed by atoms with van der Waals surface area (Å²) in [6, 6.07) is 9.68. The Hall–Kier alpha value is -1.11. The molecule has 1 aliphatic rings. The Kier molecular flexibility index (Phi) is 5.01. The first-order valence-electron chi connectivity index (χ1n) is 6.76. The maximum absolute atomic E-state index is 12.3. The predicted molar refractivity (Wildman–Crippen MR) is 72.3 cm³/mol. The summed E-state index contributed by atoms with van der Waals surface area (Å²) in [6.45, 7) is 2.03. The quantitative estimate of drug-likeness (QED) is 0.917. The van der Waals surface area contributed by atoms with Gasteiger partial charge in [0.1, 0.15) is 0 Å². The molecule has 0 spiro atoms. The lowest BCUT2D eigenvalue weighted by molar-refractivity contribution is -0.149. The minimum absolute atomic E-state index is 0.0923. The molecule has 0 saturated carbocycles. The average molecular weight is 287 g/mol. The standard InChI is InChI=1S/C14H20F3N3/c15-14(16,17)11-20-8-6-19(7-9-20)10-13(18)12-4-2-1-3-5-12/h1-5,13H,6-11,18H2. The van der Waals surface area contributed by atoms with Crippen molar-refractivity contribution in [2.45, 2.75) is 12.2 Å². The van der Waals surface area contributed by atoms with Crippen LogP contribution >= 0.6 is 0 Å². The van der Waals surface area contributed by atoms with E-state index in [0.717, 1.165) is 5.56 Å². The highest BCUT2D eigenvalue weighted by Crippen LogP contribution is 2.18. The SMILES string of the molecule is NC(CN1CCN(CC(F)(F)F)CC1)c1ccccc1. The van der Waals surface area contributed by atoms with Crippen molar-refractivity contribution in [3.05, 3.63) is 35.9 Å². The first kappa shape index (κ1) is 15.3. The van der Waals surface area contributed by atoms with E-state index in [1.807, 2.05) is 30.3 Å². The summed E-state index contributed by atoms with van der Waals surface area (Å²) in [5.41, 5.74) is 7.19. The number of hydrogen-bond acceptors (Lipinski definition) is 3. The normalized spacial score (nSPS) is 20.0. The zero-order chi connectivity index (χ0) is 14.6. The van der Waals surface area contributed by atoms with Gasteiger partial charge in [0.15, 0.2) is 0 Å². The van der Waals surface area contributed by atoms with Gasteiger partial charge in [0.25, 0.3) is 0 Å². The fraction of sp³-hybridized carbons (Fsp3) is 0.571. The second-order valence-corrected chi connectivity index (χ2v) is 5.21. The summed E-state index contributed by atoms with van der Waals surface area (Å²) in [6.07, 6.45) is -4.11. The van der Waals surface area contributed by atoms with Gasteiger partial charge in [0, 0.05) is 38.8 Å². The average Bonchev–Trinajstić information content (AvgIpc) is 2.40. The fourth-order valence-corrected chi connectivity index (χ4v) is 2.47. The summed E-state index contributed by atoms with van der Waals surface area (Å²) in [5.74, 6) is 0. The Labute approximate surface area is 117 Å². The topological polar surface area (TPSA) is 32.5 Å². The number of nitrogens with zero attached hydrogens (tertiary/aromatic N) is 2. The van der Waals surface area contributed by atoms with Crippen molar-refractivity contribution < 1.29 is 13.2 Å². The largest absolute Gasteiger partial charge is 0.401 e.